The molecule has 1 aromatic carbocycles. The van der Waals surface area contributed by atoms with Gasteiger partial charge in [0.15, 0.2) is 0 Å². The molecule has 98 valence electrons. The minimum Gasteiger partial charge on any atom is -0.369 e. The van der Waals surface area contributed by atoms with Crippen molar-refractivity contribution in [2.45, 2.75) is 12.8 Å². The van der Waals surface area contributed by atoms with Gasteiger partial charge in [-0.1, -0.05) is 18.2 Å². The Morgan fingerprint density at radius 2 is 2.11 bits per heavy atom. The number of hydrogen-bond donors (Lipinski definition) is 2. The number of aromatic nitrogens is 3. The van der Waals surface area contributed by atoms with Crippen molar-refractivity contribution >= 4 is 32.8 Å². The Morgan fingerprint density at radius 3 is 2.84 bits per heavy atom. The van der Waals surface area contributed by atoms with Crippen LogP contribution in [0, 0.1) is 0 Å². The molecule has 0 amide bonds. The minimum absolute atomic E-state index is 0.542. The zero-order valence-electron chi connectivity index (χ0n) is 10.7. The number of para-hydroxylation sites is 1. The molecule has 2 heterocycles. The first-order chi connectivity index (χ1) is 9.16. The Hall–Kier alpha value is -1.75. The van der Waals surface area contributed by atoms with Crippen molar-refractivity contribution in [2.75, 3.05) is 5.73 Å². The van der Waals surface area contributed by atoms with Crippen molar-refractivity contribution in [3.63, 3.8) is 0 Å². The molecule has 0 bridgehead atoms. The third-order valence-electron chi connectivity index (χ3n) is 3.43. The standard InChI is InChI=1S/C14H15BrN4/c1-19-13(15)12(18-14(19)16)7-6-9-8-17-11-5-3-2-4-10(9)11/h2-5,8,17H,6-7H2,1H3,(H2,16,18). The number of anilines is 1. The molecule has 0 spiro atoms. The maximum Gasteiger partial charge on any atom is 0.201 e. The molecule has 5 heteroatoms. The van der Waals surface area contributed by atoms with E-state index >= 15 is 0 Å². The summed E-state index contributed by atoms with van der Waals surface area (Å²) in [4.78, 5) is 7.67. The number of aryl methyl sites for hydroxylation is 2. The largest absolute Gasteiger partial charge is 0.369 e. The minimum atomic E-state index is 0.542. The molecule has 4 nitrogen and oxygen atoms in total. The van der Waals surface area contributed by atoms with Crippen LogP contribution in [-0.2, 0) is 19.9 Å². The summed E-state index contributed by atoms with van der Waals surface area (Å²) in [5, 5.41) is 1.28. The number of imidazole rings is 1. The van der Waals surface area contributed by atoms with Crippen molar-refractivity contribution < 1.29 is 0 Å². The van der Waals surface area contributed by atoms with Crippen LogP contribution >= 0.6 is 15.9 Å². The number of aromatic amines is 1. The van der Waals surface area contributed by atoms with E-state index in [-0.39, 0.29) is 0 Å². The highest BCUT2D eigenvalue weighted by Gasteiger charge is 2.11. The van der Waals surface area contributed by atoms with E-state index in [0.29, 0.717) is 5.95 Å². The number of rotatable bonds is 3. The number of fused-ring (bicyclic) bond motifs is 1. The Balaban J connectivity index is 1.84. The fourth-order valence-electron chi connectivity index (χ4n) is 2.30. The fourth-order valence-corrected chi connectivity index (χ4v) is 2.77. The molecule has 0 aliphatic rings. The van der Waals surface area contributed by atoms with Crippen LogP contribution in [0.3, 0.4) is 0 Å². The van der Waals surface area contributed by atoms with Crippen molar-refractivity contribution in [3.05, 3.63) is 46.3 Å². The average molecular weight is 319 g/mol. The molecule has 0 aliphatic carbocycles. The smallest absolute Gasteiger partial charge is 0.201 e. The van der Waals surface area contributed by atoms with Gasteiger partial charge in [-0.15, -0.1) is 0 Å². The number of nitrogens with one attached hydrogen (secondary N) is 1. The molecular weight excluding hydrogens is 304 g/mol. The van der Waals surface area contributed by atoms with E-state index in [1.54, 1.807) is 0 Å². The summed E-state index contributed by atoms with van der Waals surface area (Å²) in [6.45, 7) is 0. The lowest BCUT2D eigenvalue weighted by Gasteiger charge is -1.99. The van der Waals surface area contributed by atoms with Crippen LogP contribution in [0.4, 0.5) is 5.95 Å². The van der Waals surface area contributed by atoms with Crippen LogP contribution in [0.5, 0.6) is 0 Å². The van der Waals surface area contributed by atoms with Gasteiger partial charge in [-0.3, -0.25) is 0 Å². The molecule has 0 aliphatic heterocycles. The van der Waals surface area contributed by atoms with Crippen LogP contribution < -0.4 is 5.73 Å². The van der Waals surface area contributed by atoms with Crippen LogP contribution in [0.1, 0.15) is 11.3 Å². The zero-order valence-corrected chi connectivity index (χ0v) is 12.2. The Bertz CT molecular complexity index is 726. The number of benzene rings is 1. The molecule has 0 atom stereocenters. The highest BCUT2D eigenvalue weighted by Crippen LogP contribution is 2.23. The Morgan fingerprint density at radius 1 is 1.32 bits per heavy atom. The number of nitrogens with two attached hydrogens (primary N) is 1. The first kappa shape index (κ1) is 12.3. The van der Waals surface area contributed by atoms with Gasteiger partial charge in [0.05, 0.1) is 5.69 Å². The van der Waals surface area contributed by atoms with Crippen molar-refractivity contribution in [3.8, 4) is 0 Å². The van der Waals surface area contributed by atoms with E-state index in [4.69, 9.17) is 5.73 Å². The van der Waals surface area contributed by atoms with Gasteiger partial charge >= 0.3 is 0 Å². The quantitative estimate of drug-likeness (QED) is 0.779. The fraction of sp³-hybridized carbons (Fsp3) is 0.214. The summed E-state index contributed by atoms with van der Waals surface area (Å²) in [5.74, 6) is 0.542. The highest BCUT2D eigenvalue weighted by atomic mass is 79.9. The van der Waals surface area contributed by atoms with Gasteiger partial charge < -0.3 is 15.3 Å². The average Bonchev–Trinajstić information content (AvgIpc) is 2.94. The van der Waals surface area contributed by atoms with Gasteiger partial charge in [-0.05, 0) is 40.4 Å². The molecule has 0 saturated heterocycles. The first-order valence-electron chi connectivity index (χ1n) is 6.18. The zero-order chi connectivity index (χ0) is 13.4. The molecule has 0 fully saturated rings. The Labute approximate surface area is 119 Å². The summed E-state index contributed by atoms with van der Waals surface area (Å²) in [6, 6.07) is 8.34. The van der Waals surface area contributed by atoms with Gasteiger partial charge in [0, 0.05) is 24.1 Å². The summed E-state index contributed by atoms with van der Waals surface area (Å²) in [6.07, 6.45) is 3.89. The van der Waals surface area contributed by atoms with E-state index < -0.39 is 0 Å². The predicted molar refractivity (Wildman–Crippen MR) is 81.0 cm³/mol. The number of halogens is 1. The maximum absolute atomic E-state index is 5.80. The van der Waals surface area contributed by atoms with E-state index in [2.05, 4.69) is 50.3 Å². The topological polar surface area (TPSA) is 59.6 Å². The van der Waals surface area contributed by atoms with Crippen LogP contribution in [0.15, 0.2) is 35.1 Å². The lowest BCUT2D eigenvalue weighted by atomic mass is 10.1. The molecule has 3 rings (SSSR count). The highest BCUT2D eigenvalue weighted by molar-refractivity contribution is 9.10. The molecule has 0 radical (unpaired) electrons. The van der Waals surface area contributed by atoms with Crippen molar-refractivity contribution in [1.82, 2.24) is 14.5 Å². The van der Waals surface area contributed by atoms with Crippen LogP contribution in [0.25, 0.3) is 10.9 Å². The predicted octanol–water partition coefficient (Wildman–Crippen LogP) is 3.03. The second-order valence-electron chi connectivity index (χ2n) is 4.63. The van der Waals surface area contributed by atoms with Crippen molar-refractivity contribution in [2.24, 2.45) is 7.05 Å². The van der Waals surface area contributed by atoms with Gasteiger partial charge in [0.2, 0.25) is 5.95 Å². The van der Waals surface area contributed by atoms with E-state index in [0.717, 1.165) is 23.1 Å². The summed E-state index contributed by atoms with van der Waals surface area (Å²) in [7, 11) is 1.90. The number of hydrogen-bond acceptors (Lipinski definition) is 2. The van der Waals surface area contributed by atoms with Gasteiger partial charge in [-0.25, -0.2) is 4.98 Å². The van der Waals surface area contributed by atoms with Crippen LogP contribution in [0.2, 0.25) is 0 Å². The third-order valence-corrected chi connectivity index (χ3v) is 4.42. The van der Waals surface area contributed by atoms with E-state index in [1.807, 2.05) is 17.7 Å². The molecule has 3 N–H and O–H groups in total. The lowest BCUT2D eigenvalue weighted by Crippen LogP contribution is -1.96. The number of nitrogens with zero attached hydrogens (tertiary/aromatic N) is 2. The van der Waals surface area contributed by atoms with E-state index in [1.165, 1.54) is 16.5 Å². The third kappa shape index (κ3) is 2.14. The monoisotopic (exact) mass is 318 g/mol. The molecule has 0 saturated carbocycles. The second-order valence-corrected chi connectivity index (χ2v) is 5.38. The SMILES string of the molecule is Cn1c(N)nc(CCc2c[nH]c3ccccc23)c1Br. The first-order valence-corrected chi connectivity index (χ1v) is 6.97. The maximum atomic E-state index is 5.80. The number of nitrogen functional groups attached to an aromatic ring is 1. The molecule has 2 aromatic heterocycles. The summed E-state index contributed by atoms with van der Waals surface area (Å²) >= 11 is 3.53. The van der Waals surface area contributed by atoms with Gasteiger partial charge in [0.25, 0.3) is 0 Å². The Kier molecular flexibility index (Phi) is 3.06. The molecule has 0 unspecified atom stereocenters. The lowest BCUT2D eigenvalue weighted by molar-refractivity contribution is 0.886. The van der Waals surface area contributed by atoms with Crippen LogP contribution in [-0.4, -0.2) is 14.5 Å². The summed E-state index contributed by atoms with van der Waals surface area (Å²) < 4.78 is 2.81. The normalized spacial score (nSPS) is 11.3. The second kappa shape index (κ2) is 4.74. The molecule has 3 aromatic rings. The van der Waals surface area contributed by atoms with Crippen molar-refractivity contribution in [1.29, 1.82) is 0 Å². The number of H-pyrrole nitrogens is 1. The van der Waals surface area contributed by atoms with E-state index in [9.17, 15) is 0 Å². The van der Waals surface area contributed by atoms with Gasteiger partial charge in [-0.2, -0.15) is 0 Å². The molecule has 19 heavy (non-hydrogen) atoms. The molecular formula is C14H15BrN4. The van der Waals surface area contributed by atoms with Gasteiger partial charge in [0.1, 0.15) is 4.60 Å². The summed E-state index contributed by atoms with van der Waals surface area (Å²) in [5.41, 5.74) is 9.29.